The minimum atomic E-state index is -0.0319. The van der Waals surface area contributed by atoms with Crippen LogP contribution in [0.2, 0.25) is 5.02 Å². The first-order chi connectivity index (χ1) is 7.66. The molecule has 1 amide bonds. The summed E-state index contributed by atoms with van der Waals surface area (Å²) in [5, 5.41) is 0.549. The molecule has 4 nitrogen and oxygen atoms in total. The fraction of sp³-hybridized carbons (Fsp3) is 0.455. The quantitative estimate of drug-likeness (QED) is 0.737. The number of pyridine rings is 1. The highest BCUT2D eigenvalue weighted by molar-refractivity contribution is 6.30. The van der Waals surface area contributed by atoms with Crippen molar-refractivity contribution in [3.8, 4) is 0 Å². The minimum absolute atomic E-state index is 0.0319. The van der Waals surface area contributed by atoms with Gasteiger partial charge in [-0.1, -0.05) is 11.6 Å². The summed E-state index contributed by atoms with van der Waals surface area (Å²) in [6.07, 6.45) is 1.56. The Morgan fingerprint density at radius 2 is 2.06 bits per heavy atom. The molecule has 5 heteroatoms. The van der Waals surface area contributed by atoms with Crippen molar-refractivity contribution in [1.29, 1.82) is 0 Å². The largest absolute Gasteiger partial charge is 0.335 e. The average molecular weight is 240 g/mol. The molecule has 16 heavy (non-hydrogen) atoms. The molecule has 0 bridgehead atoms. The van der Waals surface area contributed by atoms with E-state index in [0.717, 1.165) is 26.2 Å². The van der Waals surface area contributed by atoms with Crippen molar-refractivity contribution in [3.05, 3.63) is 29.0 Å². The number of carbonyl (C=O) groups excluding carboxylic acids is 1. The third-order valence-corrected chi connectivity index (χ3v) is 2.97. The lowest BCUT2D eigenvalue weighted by atomic mass is 10.2. The number of hydrogen-bond acceptors (Lipinski definition) is 3. The van der Waals surface area contributed by atoms with Crippen LogP contribution < -0.4 is 0 Å². The Bertz CT molecular complexity index is 389. The predicted molar refractivity (Wildman–Crippen MR) is 62.6 cm³/mol. The van der Waals surface area contributed by atoms with Crippen molar-refractivity contribution in [2.45, 2.75) is 0 Å². The summed E-state index contributed by atoms with van der Waals surface area (Å²) in [5.41, 5.74) is 0.428. The van der Waals surface area contributed by atoms with Gasteiger partial charge in [-0.3, -0.25) is 9.78 Å². The third-order valence-electron chi connectivity index (χ3n) is 2.73. The average Bonchev–Trinajstić information content (AvgIpc) is 2.29. The van der Waals surface area contributed by atoms with Crippen molar-refractivity contribution in [1.82, 2.24) is 14.8 Å². The fourth-order valence-corrected chi connectivity index (χ4v) is 1.85. The van der Waals surface area contributed by atoms with E-state index in [9.17, 15) is 4.79 Å². The number of amides is 1. The van der Waals surface area contributed by atoms with E-state index in [-0.39, 0.29) is 5.91 Å². The van der Waals surface area contributed by atoms with Gasteiger partial charge in [0.15, 0.2) is 0 Å². The second-order valence-corrected chi connectivity index (χ2v) is 4.39. The summed E-state index contributed by atoms with van der Waals surface area (Å²) in [4.78, 5) is 20.1. The van der Waals surface area contributed by atoms with Gasteiger partial charge in [-0.15, -0.1) is 0 Å². The highest BCUT2D eigenvalue weighted by atomic mass is 35.5. The van der Waals surface area contributed by atoms with Gasteiger partial charge >= 0.3 is 0 Å². The monoisotopic (exact) mass is 239 g/mol. The number of likely N-dealkylation sites (N-methyl/N-ethyl adjacent to an activating group) is 1. The van der Waals surface area contributed by atoms with Crippen molar-refractivity contribution in [3.63, 3.8) is 0 Å². The molecule has 0 saturated carbocycles. The van der Waals surface area contributed by atoms with Gasteiger partial charge in [0.1, 0.15) is 5.69 Å². The summed E-state index contributed by atoms with van der Waals surface area (Å²) < 4.78 is 0. The van der Waals surface area contributed by atoms with Crippen LogP contribution in [0.15, 0.2) is 18.3 Å². The molecule has 1 aliphatic rings. The zero-order valence-corrected chi connectivity index (χ0v) is 9.94. The van der Waals surface area contributed by atoms with Crippen molar-refractivity contribution < 1.29 is 4.79 Å². The lowest BCUT2D eigenvalue weighted by Gasteiger charge is -2.32. The molecule has 0 unspecified atom stereocenters. The van der Waals surface area contributed by atoms with Crippen LogP contribution in [0, 0.1) is 0 Å². The van der Waals surface area contributed by atoms with E-state index >= 15 is 0 Å². The van der Waals surface area contributed by atoms with Gasteiger partial charge in [0.25, 0.3) is 5.91 Å². The first-order valence-corrected chi connectivity index (χ1v) is 5.64. The van der Waals surface area contributed by atoms with Gasteiger partial charge < -0.3 is 9.80 Å². The molecule has 1 saturated heterocycles. The molecule has 1 aliphatic heterocycles. The van der Waals surface area contributed by atoms with Gasteiger partial charge in [-0.25, -0.2) is 0 Å². The van der Waals surface area contributed by atoms with Crippen LogP contribution in [0.1, 0.15) is 10.5 Å². The molecule has 2 heterocycles. The first-order valence-electron chi connectivity index (χ1n) is 5.26. The summed E-state index contributed by atoms with van der Waals surface area (Å²) in [7, 11) is 2.06. The number of rotatable bonds is 1. The van der Waals surface area contributed by atoms with E-state index in [1.54, 1.807) is 18.3 Å². The maximum atomic E-state index is 12.0. The molecule has 0 aromatic carbocycles. The van der Waals surface area contributed by atoms with E-state index in [1.807, 2.05) is 4.90 Å². The van der Waals surface area contributed by atoms with E-state index in [0.29, 0.717) is 10.7 Å². The zero-order chi connectivity index (χ0) is 11.5. The normalized spacial score (nSPS) is 17.5. The summed E-state index contributed by atoms with van der Waals surface area (Å²) in [5.74, 6) is -0.0319. The molecule has 1 aromatic heterocycles. The van der Waals surface area contributed by atoms with E-state index < -0.39 is 0 Å². The van der Waals surface area contributed by atoms with Gasteiger partial charge in [0, 0.05) is 37.4 Å². The standard InChI is InChI=1S/C11H14ClN3O/c1-14-4-6-15(7-5-14)11(16)10-8-9(12)2-3-13-10/h2-3,8H,4-7H2,1H3. The van der Waals surface area contributed by atoms with Gasteiger partial charge in [-0.2, -0.15) is 0 Å². The highest BCUT2D eigenvalue weighted by Crippen LogP contribution is 2.11. The Hall–Kier alpha value is -1.13. The molecule has 86 valence electrons. The maximum Gasteiger partial charge on any atom is 0.272 e. The molecule has 1 fully saturated rings. The summed E-state index contributed by atoms with van der Waals surface area (Å²) in [6, 6.07) is 3.28. The van der Waals surface area contributed by atoms with Crippen molar-refractivity contribution in [2.75, 3.05) is 33.2 Å². The topological polar surface area (TPSA) is 36.4 Å². The number of hydrogen-bond donors (Lipinski definition) is 0. The predicted octanol–water partition coefficient (Wildman–Crippen LogP) is 1.12. The van der Waals surface area contributed by atoms with Crippen LogP contribution in [0.4, 0.5) is 0 Å². The second-order valence-electron chi connectivity index (χ2n) is 3.95. The van der Waals surface area contributed by atoms with Gasteiger partial charge in [0.2, 0.25) is 0 Å². The minimum Gasteiger partial charge on any atom is -0.335 e. The Labute approximate surface area is 99.8 Å². The Morgan fingerprint density at radius 3 is 2.69 bits per heavy atom. The van der Waals surface area contributed by atoms with Crippen LogP contribution in [-0.4, -0.2) is 53.9 Å². The van der Waals surface area contributed by atoms with Gasteiger partial charge in [0.05, 0.1) is 0 Å². The Kier molecular flexibility index (Phi) is 3.41. The Morgan fingerprint density at radius 1 is 1.38 bits per heavy atom. The summed E-state index contributed by atoms with van der Waals surface area (Å²) in [6.45, 7) is 3.33. The zero-order valence-electron chi connectivity index (χ0n) is 9.19. The maximum absolute atomic E-state index is 12.0. The molecule has 0 radical (unpaired) electrons. The smallest absolute Gasteiger partial charge is 0.272 e. The van der Waals surface area contributed by atoms with Crippen LogP contribution in [-0.2, 0) is 0 Å². The Balaban J connectivity index is 2.08. The number of piperazine rings is 1. The summed E-state index contributed by atoms with van der Waals surface area (Å²) >= 11 is 5.83. The van der Waals surface area contributed by atoms with E-state index in [4.69, 9.17) is 11.6 Å². The highest BCUT2D eigenvalue weighted by Gasteiger charge is 2.21. The molecule has 0 spiro atoms. The molecule has 0 N–H and O–H groups in total. The fourth-order valence-electron chi connectivity index (χ4n) is 1.69. The number of carbonyl (C=O) groups is 1. The second kappa shape index (κ2) is 4.80. The molecule has 0 aliphatic carbocycles. The molecular weight excluding hydrogens is 226 g/mol. The number of nitrogens with zero attached hydrogens (tertiary/aromatic N) is 3. The van der Waals surface area contributed by atoms with Crippen molar-refractivity contribution >= 4 is 17.5 Å². The van der Waals surface area contributed by atoms with Gasteiger partial charge in [-0.05, 0) is 19.2 Å². The molecule has 2 rings (SSSR count). The first kappa shape index (κ1) is 11.4. The third kappa shape index (κ3) is 2.51. The van der Waals surface area contributed by atoms with Crippen LogP contribution in [0.5, 0.6) is 0 Å². The molecule has 1 aromatic rings. The lowest BCUT2D eigenvalue weighted by molar-refractivity contribution is 0.0658. The van der Waals surface area contributed by atoms with Crippen LogP contribution in [0.25, 0.3) is 0 Å². The van der Waals surface area contributed by atoms with Crippen LogP contribution in [0.3, 0.4) is 0 Å². The van der Waals surface area contributed by atoms with Crippen LogP contribution >= 0.6 is 11.6 Å². The molecular formula is C11H14ClN3O. The van der Waals surface area contributed by atoms with Crippen molar-refractivity contribution in [2.24, 2.45) is 0 Å². The number of halogens is 1. The lowest BCUT2D eigenvalue weighted by Crippen LogP contribution is -2.47. The number of aromatic nitrogens is 1. The molecule has 0 atom stereocenters. The van der Waals surface area contributed by atoms with E-state index in [2.05, 4.69) is 16.9 Å². The SMILES string of the molecule is CN1CCN(C(=O)c2cc(Cl)ccn2)CC1. The van der Waals surface area contributed by atoms with E-state index in [1.165, 1.54) is 0 Å².